The normalized spacial score (nSPS) is 20.6. The number of rotatable bonds is 2. The second kappa shape index (κ2) is 4.74. The molecule has 0 aromatic carbocycles. The van der Waals surface area contributed by atoms with Gasteiger partial charge in [-0.15, -0.1) is 0 Å². The molecule has 0 bridgehead atoms. The van der Waals surface area contributed by atoms with Crippen molar-refractivity contribution in [2.45, 2.75) is 64.3 Å². The highest BCUT2D eigenvalue weighted by Gasteiger charge is 2.40. The van der Waals surface area contributed by atoms with E-state index in [1.807, 2.05) is 0 Å². The molecule has 1 aromatic heterocycles. The third-order valence-electron chi connectivity index (χ3n) is 4.23. The van der Waals surface area contributed by atoms with E-state index in [1.165, 1.54) is 0 Å². The van der Waals surface area contributed by atoms with Crippen LogP contribution in [0.25, 0.3) is 0 Å². The van der Waals surface area contributed by atoms with Gasteiger partial charge in [-0.2, -0.15) is 0 Å². The lowest BCUT2D eigenvalue weighted by Gasteiger charge is -2.40. The SMILES string of the molecule is CC(C)(C)[Si](C)(C)O[C@@H]1CCCc2nccnc21. The minimum absolute atomic E-state index is 0.156. The molecule has 0 N–H and O–H groups in total. The van der Waals surface area contributed by atoms with E-state index in [1.54, 1.807) is 12.4 Å². The molecule has 0 radical (unpaired) electrons. The van der Waals surface area contributed by atoms with E-state index in [0.717, 1.165) is 30.7 Å². The van der Waals surface area contributed by atoms with Crippen LogP contribution in [0.4, 0.5) is 0 Å². The van der Waals surface area contributed by atoms with Crippen molar-refractivity contribution in [1.29, 1.82) is 0 Å². The molecule has 1 aliphatic rings. The molecule has 1 aromatic rings. The Bertz CT molecular complexity index is 426. The van der Waals surface area contributed by atoms with Crippen LogP contribution in [-0.2, 0) is 10.8 Å². The fourth-order valence-electron chi connectivity index (χ4n) is 2.08. The highest BCUT2D eigenvalue weighted by Crippen LogP contribution is 2.41. The zero-order chi connectivity index (χ0) is 13.4. The fraction of sp³-hybridized carbons (Fsp3) is 0.714. The Morgan fingerprint density at radius 1 is 1.22 bits per heavy atom. The number of hydrogen-bond acceptors (Lipinski definition) is 3. The van der Waals surface area contributed by atoms with Crippen LogP contribution in [0.5, 0.6) is 0 Å². The number of nitrogens with zero attached hydrogens (tertiary/aromatic N) is 2. The summed E-state index contributed by atoms with van der Waals surface area (Å²) in [5.74, 6) is 0. The summed E-state index contributed by atoms with van der Waals surface area (Å²) in [7, 11) is -1.73. The van der Waals surface area contributed by atoms with Crippen LogP contribution < -0.4 is 0 Å². The van der Waals surface area contributed by atoms with Crippen molar-refractivity contribution >= 4 is 8.32 Å². The summed E-state index contributed by atoms with van der Waals surface area (Å²) in [6.45, 7) is 11.4. The van der Waals surface area contributed by atoms with Crippen molar-refractivity contribution < 1.29 is 4.43 Å². The second-order valence-corrected chi connectivity index (χ2v) is 11.4. The molecule has 0 fully saturated rings. The van der Waals surface area contributed by atoms with E-state index in [2.05, 4.69) is 43.8 Å². The molecule has 0 spiro atoms. The van der Waals surface area contributed by atoms with Gasteiger partial charge in [-0.05, 0) is 37.4 Å². The number of fused-ring (bicyclic) bond motifs is 1. The van der Waals surface area contributed by atoms with Crippen molar-refractivity contribution in [1.82, 2.24) is 9.97 Å². The lowest BCUT2D eigenvalue weighted by atomic mass is 9.98. The fourth-order valence-corrected chi connectivity index (χ4v) is 3.37. The Balaban J connectivity index is 2.22. The lowest BCUT2D eigenvalue weighted by molar-refractivity contribution is 0.157. The van der Waals surface area contributed by atoms with Crippen LogP contribution in [0.3, 0.4) is 0 Å². The van der Waals surface area contributed by atoms with Crippen LogP contribution >= 0.6 is 0 Å². The van der Waals surface area contributed by atoms with Gasteiger partial charge in [0, 0.05) is 12.4 Å². The van der Waals surface area contributed by atoms with E-state index in [0.29, 0.717) is 0 Å². The van der Waals surface area contributed by atoms with E-state index >= 15 is 0 Å². The van der Waals surface area contributed by atoms with E-state index in [-0.39, 0.29) is 11.1 Å². The van der Waals surface area contributed by atoms with Crippen molar-refractivity contribution in [3.63, 3.8) is 0 Å². The van der Waals surface area contributed by atoms with E-state index in [9.17, 15) is 0 Å². The summed E-state index contributed by atoms with van der Waals surface area (Å²) in [5, 5.41) is 0.243. The Morgan fingerprint density at radius 2 is 1.89 bits per heavy atom. The minimum Gasteiger partial charge on any atom is -0.408 e. The summed E-state index contributed by atoms with van der Waals surface area (Å²) in [6, 6.07) is 0. The standard InChI is InChI=1S/C14H24N2OSi/c1-14(2,3)18(4,5)17-12-8-6-7-11-13(12)16-10-9-15-11/h9-10,12H,6-8H2,1-5H3/t12-/m1/s1. The van der Waals surface area contributed by atoms with Gasteiger partial charge in [0.05, 0.1) is 17.5 Å². The van der Waals surface area contributed by atoms with Crippen LogP contribution in [0.2, 0.25) is 18.1 Å². The van der Waals surface area contributed by atoms with Crippen LogP contribution in [-0.4, -0.2) is 18.3 Å². The zero-order valence-electron chi connectivity index (χ0n) is 12.2. The van der Waals surface area contributed by atoms with Gasteiger partial charge < -0.3 is 4.43 Å². The first-order chi connectivity index (χ1) is 8.31. The Morgan fingerprint density at radius 3 is 2.56 bits per heavy atom. The first-order valence-corrected chi connectivity index (χ1v) is 9.70. The van der Waals surface area contributed by atoms with Crippen molar-refractivity contribution in [3.05, 3.63) is 23.8 Å². The smallest absolute Gasteiger partial charge is 0.192 e. The van der Waals surface area contributed by atoms with Gasteiger partial charge in [-0.25, -0.2) is 0 Å². The maximum absolute atomic E-state index is 6.51. The molecule has 1 atom stereocenters. The molecule has 100 valence electrons. The summed E-state index contributed by atoms with van der Waals surface area (Å²) < 4.78 is 6.51. The van der Waals surface area contributed by atoms with E-state index < -0.39 is 8.32 Å². The van der Waals surface area contributed by atoms with Gasteiger partial charge in [0.25, 0.3) is 0 Å². The molecule has 18 heavy (non-hydrogen) atoms. The molecule has 0 saturated heterocycles. The summed E-state index contributed by atoms with van der Waals surface area (Å²) in [4.78, 5) is 8.94. The Kier molecular flexibility index (Phi) is 3.60. The number of aryl methyl sites for hydroxylation is 1. The first kappa shape index (κ1) is 13.7. The van der Waals surface area contributed by atoms with Gasteiger partial charge in [0.1, 0.15) is 0 Å². The third-order valence-corrected chi connectivity index (χ3v) is 8.72. The minimum atomic E-state index is -1.73. The predicted octanol–water partition coefficient (Wildman–Crippen LogP) is 3.88. The highest BCUT2D eigenvalue weighted by molar-refractivity contribution is 6.74. The quantitative estimate of drug-likeness (QED) is 0.760. The summed E-state index contributed by atoms with van der Waals surface area (Å²) in [6.07, 6.45) is 7.01. The molecule has 0 saturated carbocycles. The highest BCUT2D eigenvalue weighted by atomic mass is 28.4. The second-order valence-electron chi connectivity index (χ2n) is 6.65. The number of hydrogen-bond donors (Lipinski definition) is 0. The molecule has 1 aliphatic carbocycles. The molecule has 3 nitrogen and oxygen atoms in total. The van der Waals surface area contributed by atoms with Crippen LogP contribution in [0, 0.1) is 0 Å². The van der Waals surface area contributed by atoms with Gasteiger partial charge in [0.15, 0.2) is 8.32 Å². The molecular weight excluding hydrogens is 240 g/mol. The third kappa shape index (κ3) is 2.64. The molecule has 1 heterocycles. The molecule has 0 unspecified atom stereocenters. The summed E-state index contributed by atoms with van der Waals surface area (Å²) in [5.41, 5.74) is 2.21. The molecule has 0 aliphatic heterocycles. The molecular formula is C14H24N2OSi. The van der Waals surface area contributed by atoms with E-state index in [4.69, 9.17) is 4.43 Å². The van der Waals surface area contributed by atoms with Gasteiger partial charge in [-0.3, -0.25) is 9.97 Å². The van der Waals surface area contributed by atoms with Gasteiger partial charge in [-0.1, -0.05) is 20.8 Å². The molecule has 0 amide bonds. The van der Waals surface area contributed by atoms with Crippen molar-refractivity contribution in [3.8, 4) is 0 Å². The Hall–Kier alpha value is -0.743. The van der Waals surface area contributed by atoms with Crippen molar-refractivity contribution in [2.24, 2.45) is 0 Å². The largest absolute Gasteiger partial charge is 0.408 e. The Labute approximate surface area is 111 Å². The molecule has 4 heteroatoms. The average Bonchev–Trinajstić information content (AvgIpc) is 2.27. The monoisotopic (exact) mass is 264 g/mol. The molecule has 2 rings (SSSR count). The number of aromatic nitrogens is 2. The van der Waals surface area contributed by atoms with Crippen LogP contribution in [0.1, 0.15) is 51.1 Å². The summed E-state index contributed by atoms with van der Waals surface area (Å²) >= 11 is 0. The predicted molar refractivity (Wildman–Crippen MR) is 76.0 cm³/mol. The van der Waals surface area contributed by atoms with Crippen LogP contribution in [0.15, 0.2) is 12.4 Å². The first-order valence-electron chi connectivity index (χ1n) is 6.79. The maximum atomic E-state index is 6.51. The lowest BCUT2D eigenvalue weighted by Crippen LogP contribution is -2.42. The van der Waals surface area contributed by atoms with Gasteiger partial charge in [0.2, 0.25) is 0 Å². The van der Waals surface area contributed by atoms with Gasteiger partial charge >= 0.3 is 0 Å². The van der Waals surface area contributed by atoms with Crippen molar-refractivity contribution in [2.75, 3.05) is 0 Å². The topological polar surface area (TPSA) is 35.0 Å². The maximum Gasteiger partial charge on any atom is 0.192 e. The zero-order valence-corrected chi connectivity index (χ0v) is 13.2. The average molecular weight is 264 g/mol.